The zero-order valence-electron chi connectivity index (χ0n) is 13.3. The number of amides is 2. The number of nitrogens with one attached hydrogen (secondary N) is 2. The van der Waals surface area contributed by atoms with E-state index in [9.17, 15) is 9.59 Å². The second kappa shape index (κ2) is 7.99. The second-order valence-electron chi connectivity index (χ2n) is 5.23. The van der Waals surface area contributed by atoms with Crippen molar-refractivity contribution in [3.63, 3.8) is 0 Å². The Morgan fingerprint density at radius 3 is 2.65 bits per heavy atom. The highest BCUT2D eigenvalue weighted by Gasteiger charge is 2.12. The number of benzene rings is 1. The van der Waals surface area contributed by atoms with E-state index in [0.717, 1.165) is 0 Å². The van der Waals surface area contributed by atoms with Crippen molar-refractivity contribution in [1.82, 2.24) is 19.9 Å². The average molecular weight is 390 g/mol. The molecule has 132 valence electrons. The van der Waals surface area contributed by atoms with Gasteiger partial charge >= 0.3 is 0 Å². The third-order valence-corrected chi connectivity index (χ3v) is 3.93. The number of aromatic nitrogens is 3. The van der Waals surface area contributed by atoms with E-state index in [-0.39, 0.29) is 23.0 Å². The lowest BCUT2D eigenvalue weighted by Crippen LogP contribution is -2.33. The minimum Gasteiger partial charge on any atom is -0.343 e. The van der Waals surface area contributed by atoms with E-state index in [2.05, 4.69) is 20.6 Å². The van der Waals surface area contributed by atoms with Gasteiger partial charge in [-0.05, 0) is 30.3 Å². The molecule has 0 bridgehead atoms. The maximum atomic E-state index is 12.1. The fourth-order valence-corrected chi connectivity index (χ4v) is 2.64. The molecule has 9 heteroatoms. The van der Waals surface area contributed by atoms with Crippen LogP contribution in [0.2, 0.25) is 10.0 Å². The summed E-state index contributed by atoms with van der Waals surface area (Å²) in [6, 6.07) is 7.96. The van der Waals surface area contributed by atoms with Gasteiger partial charge in [0.25, 0.3) is 5.91 Å². The molecule has 26 heavy (non-hydrogen) atoms. The lowest BCUT2D eigenvalue weighted by atomic mass is 10.2. The van der Waals surface area contributed by atoms with Crippen molar-refractivity contribution >= 4 is 40.7 Å². The fourth-order valence-electron chi connectivity index (χ4n) is 2.14. The molecule has 0 spiro atoms. The van der Waals surface area contributed by atoms with E-state index in [4.69, 9.17) is 23.2 Å². The van der Waals surface area contributed by atoms with E-state index < -0.39 is 5.91 Å². The molecule has 0 atom stereocenters. The number of carbonyl (C=O) groups is 2. The summed E-state index contributed by atoms with van der Waals surface area (Å²) in [6.07, 6.45) is 6.55. The predicted octanol–water partition coefficient (Wildman–Crippen LogP) is 2.94. The first-order valence-corrected chi connectivity index (χ1v) is 8.26. The molecule has 0 saturated heterocycles. The molecule has 3 aromatic rings. The highest BCUT2D eigenvalue weighted by Crippen LogP contribution is 2.20. The van der Waals surface area contributed by atoms with E-state index in [0.29, 0.717) is 16.5 Å². The summed E-state index contributed by atoms with van der Waals surface area (Å²) in [5.41, 5.74) is 0.757. The van der Waals surface area contributed by atoms with Gasteiger partial charge < -0.3 is 10.6 Å². The van der Waals surface area contributed by atoms with Crippen LogP contribution in [0.4, 0.5) is 5.69 Å². The summed E-state index contributed by atoms with van der Waals surface area (Å²) in [6.45, 7) is -0.207. The molecule has 1 aromatic carbocycles. The Bertz CT molecular complexity index is 927. The molecule has 0 aliphatic carbocycles. The molecule has 0 aliphatic heterocycles. The van der Waals surface area contributed by atoms with Crippen molar-refractivity contribution in [1.29, 1.82) is 0 Å². The molecular weight excluding hydrogens is 377 g/mol. The third-order valence-electron chi connectivity index (χ3n) is 3.39. The molecule has 2 N–H and O–H groups in total. The Balaban J connectivity index is 1.54. The van der Waals surface area contributed by atoms with Gasteiger partial charge in [0.1, 0.15) is 12.1 Å². The predicted molar refractivity (Wildman–Crippen MR) is 98.8 cm³/mol. The van der Waals surface area contributed by atoms with E-state index >= 15 is 0 Å². The fraction of sp³-hybridized carbons (Fsp3) is 0.0588. The van der Waals surface area contributed by atoms with Gasteiger partial charge in [-0.25, -0.2) is 9.97 Å². The Morgan fingerprint density at radius 2 is 2.00 bits per heavy atom. The maximum Gasteiger partial charge on any atom is 0.253 e. The van der Waals surface area contributed by atoms with Crippen molar-refractivity contribution in [2.75, 3.05) is 11.9 Å². The van der Waals surface area contributed by atoms with Crippen LogP contribution in [0.1, 0.15) is 10.4 Å². The summed E-state index contributed by atoms with van der Waals surface area (Å²) in [4.78, 5) is 32.2. The van der Waals surface area contributed by atoms with Gasteiger partial charge in [-0.15, -0.1) is 0 Å². The SMILES string of the molecule is O=C(CNC(=O)c1ccc(Cl)cc1Cl)Nc1ccc(-n2ccnc2)nc1. The van der Waals surface area contributed by atoms with Crippen LogP contribution in [0, 0.1) is 0 Å². The van der Waals surface area contributed by atoms with Gasteiger partial charge in [0.2, 0.25) is 5.91 Å². The molecule has 2 heterocycles. The van der Waals surface area contributed by atoms with Gasteiger partial charge in [0, 0.05) is 17.4 Å². The Kier molecular flexibility index (Phi) is 5.50. The number of hydrogen-bond acceptors (Lipinski definition) is 4. The zero-order valence-corrected chi connectivity index (χ0v) is 14.8. The smallest absolute Gasteiger partial charge is 0.253 e. The lowest BCUT2D eigenvalue weighted by Gasteiger charge is -2.08. The number of nitrogens with zero attached hydrogens (tertiary/aromatic N) is 3. The standard InChI is InChI=1S/C17H13Cl2N5O2/c18-11-1-3-13(14(19)7-11)17(26)22-9-16(25)23-12-2-4-15(21-8-12)24-6-5-20-10-24/h1-8,10H,9H2,(H,22,26)(H,23,25). The lowest BCUT2D eigenvalue weighted by molar-refractivity contribution is -0.115. The van der Waals surface area contributed by atoms with Crippen molar-refractivity contribution in [2.45, 2.75) is 0 Å². The largest absolute Gasteiger partial charge is 0.343 e. The number of carbonyl (C=O) groups excluding carboxylic acids is 2. The maximum absolute atomic E-state index is 12.1. The topological polar surface area (TPSA) is 88.9 Å². The van der Waals surface area contributed by atoms with Crippen molar-refractivity contribution in [2.24, 2.45) is 0 Å². The number of halogens is 2. The summed E-state index contributed by atoms with van der Waals surface area (Å²) in [5, 5.41) is 5.80. The summed E-state index contributed by atoms with van der Waals surface area (Å²) in [5.74, 6) is -0.179. The van der Waals surface area contributed by atoms with Gasteiger partial charge in [-0.3, -0.25) is 14.2 Å². The Labute approximate surface area is 159 Å². The number of imidazole rings is 1. The highest BCUT2D eigenvalue weighted by molar-refractivity contribution is 6.36. The number of hydrogen-bond donors (Lipinski definition) is 2. The van der Waals surface area contributed by atoms with Crippen LogP contribution >= 0.6 is 23.2 Å². The first-order chi connectivity index (χ1) is 12.5. The van der Waals surface area contributed by atoms with Gasteiger partial charge in [0.15, 0.2) is 0 Å². The quantitative estimate of drug-likeness (QED) is 0.701. The molecule has 3 rings (SSSR count). The van der Waals surface area contributed by atoms with Crippen LogP contribution in [0.25, 0.3) is 5.82 Å². The summed E-state index contributed by atoms with van der Waals surface area (Å²) in [7, 11) is 0. The highest BCUT2D eigenvalue weighted by atomic mass is 35.5. The van der Waals surface area contributed by atoms with E-state index in [1.807, 2.05) is 0 Å². The molecule has 0 radical (unpaired) electrons. The third kappa shape index (κ3) is 4.38. The first-order valence-electron chi connectivity index (χ1n) is 7.50. The molecule has 2 aromatic heterocycles. The normalized spacial score (nSPS) is 10.4. The first kappa shape index (κ1) is 17.9. The van der Waals surface area contributed by atoms with Crippen LogP contribution in [-0.4, -0.2) is 32.9 Å². The molecule has 2 amide bonds. The van der Waals surface area contributed by atoms with E-state index in [1.165, 1.54) is 18.3 Å². The van der Waals surface area contributed by atoms with Crippen LogP contribution < -0.4 is 10.6 Å². The van der Waals surface area contributed by atoms with Crippen LogP contribution in [0.3, 0.4) is 0 Å². The summed E-state index contributed by atoms with van der Waals surface area (Å²) >= 11 is 11.8. The van der Waals surface area contributed by atoms with Gasteiger partial charge in [-0.1, -0.05) is 23.2 Å². The molecule has 7 nitrogen and oxygen atoms in total. The zero-order chi connectivity index (χ0) is 18.5. The van der Waals surface area contributed by atoms with E-state index in [1.54, 1.807) is 41.5 Å². The average Bonchev–Trinajstić information content (AvgIpc) is 3.15. The molecule has 0 saturated carbocycles. The second-order valence-corrected chi connectivity index (χ2v) is 6.07. The number of anilines is 1. The molecule has 0 unspecified atom stereocenters. The summed E-state index contributed by atoms with van der Waals surface area (Å²) < 4.78 is 1.74. The van der Waals surface area contributed by atoms with Crippen LogP contribution in [-0.2, 0) is 4.79 Å². The molecule has 0 aliphatic rings. The van der Waals surface area contributed by atoms with Crippen molar-refractivity contribution in [3.05, 3.63) is 70.9 Å². The van der Waals surface area contributed by atoms with Crippen molar-refractivity contribution in [3.8, 4) is 5.82 Å². The van der Waals surface area contributed by atoms with Crippen LogP contribution in [0.5, 0.6) is 0 Å². The Hall–Kier alpha value is -2.90. The van der Waals surface area contributed by atoms with Crippen LogP contribution in [0.15, 0.2) is 55.2 Å². The van der Waals surface area contributed by atoms with Crippen molar-refractivity contribution < 1.29 is 9.59 Å². The van der Waals surface area contributed by atoms with Gasteiger partial charge in [-0.2, -0.15) is 0 Å². The van der Waals surface area contributed by atoms with Gasteiger partial charge in [0.05, 0.1) is 29.0 Å². The molecule has 0 fully saturated rings. The monoisotopic (exact) mass is 389 g/mol. The minimum atomic E-state index is -0.463. The Morgan fingerprint density at radius 1 is 1.15 bits per heavy atom. The minimum absolute atomic E-state index is 0.207. The number of rotatable bonds is 5. The number of pyridine rings is 1. The molecular formula is C17H13Cl2N5O2.